The first-order valence-electron chi connectivity index (χ1n) is 6.50. The molecule has 0 aromatic heterocycles. The third kappa shape index (κ3) is 4.23. The van der Waals surface area contributed by atoms with Crippen molar-refractivity contribution in [1.82, 2.24) is 0 Å². The predicted molar refractivity (Wildman–Crippen MR) is 79.4 cm³/mol. The molecule has 0 saturated carbocycles. The topological polar surface area (TPSA) is 51.2 Å². The maximum atomic E-state index is 13.3. The SMILES string of the molecule is O=CC[C@H](c1ccc(C[SH](=O)=O)cc1)c1cccc(F)c1. The predicted octanol–water partition coefficient (Wildman–Crippen LogP) is 2.66. The van der Waals surface area contributed by atoms with E-state index in [2.05, 4.69) is 0 Å². The number of halogens is 1. The molecule has 21 heavy (non-hydrogen) atoms. The van der Waals surface area contributed by atoms with E-state index in [1.54, 1.807) is 36.4 Å². The van der Waals surface area contributed by atoms with Gasteiger partial charge in [0, 0.05) is 12.3 Å². The molecule has 1 atom stereocenters. The van der Waals surface area contributed by atoms with Crippen LogP contribution in [0.5, 0.6) is 0 Å². The first-order valence-corrected chi connectivity index (χ1v) is 7.86. The van der Waals surface area contributed by atoms with Crippen molar-refractivity contribution in [3.8, 4) is 0 Å². The van der Waals surface area contributed by atoms with Crippen LogP contribution < -0.4 is 0 Å². The Bertz CT molecular complexity index is 685. The van der Waals surface area contributed by atoms with E-state index >= 15 is 0 Å². The van der Waals surface area contributed by atoms with Gasteiger partial charge in [0.25, 0.3) is 0 Å². The van der Waals surface area contributed by atoms with E-state index in [9.17, 15) is 17.6 Å². The molecule has 0 aliphatic rings. The average Bonchev–Trinajstić information content (AvgIpc) is 2.45. The van der Waals surface area contributed by atoms with Crippen molar-refractivity contribution < 1.29 is 17.6 Å². The summed E-state index contributed by atoms with van der Waals surface area (Å²) in [4.78, 5) is 10.9. The summed E-state index contributed by atoms with van der Waals surface area (Å²) in [5, 5.41) is 0. The maximum Gasteiger partial charge on any atom is 0.144 e. The minimum atomic E-state index is -2.46. The fourth-order valence-electron chi connectivity index (χ4n) is 2.29. The van der Waals surface area contributed by atoms with Gasteiger partial charge in [-0.25, -0.2) is 12.8 Å². The molecular formula is C16H15FO3S. The van der Waals surface area contributed by atoms with Gasteiger partial charge in [0.05, 0.1) is 5.75 Å². The second-order valence-corrected chi connectivity index (χ2v) is 5.72. The van der Waals surface area contributed by atoms with Crippen LogP contribution >= 0.6 is 0 Å². The normalized spacial score (nSPS) is 12.3. The minimum Gasteiger partial charge on any atom is -0.303 e. The molecule has 5 heteroatoms. The van der Waals surface area contributed by atoms with Gasteiger partial charge in [-0.3, -0.25) is 0 Å². The fraction of sp³-hybridized carbons (Fsp3) is 0.188. The molecule has 3 nitrogen and oxygen atoms in total. The summed E-state index contributed by atoms with van der Waals surface area (Å²) in [6.07, 6.45) is 1.05. The van der Waals surface area contributed by atoms with E-state index in [4.69, 9.17) is 0 Å². The zero-order valence-electron chi connectivity index (χ0n) is 11.2. The third-order valence-electron chi connectivity index (χ3n) is 3.28. The number of thiol groups is 1. The number of hydrogen-bond donors (Lipinski definition) is 1. The van der Waals surface area contributed by atoms with Crippen LogP contribution in [0.4, 0.5) is 4.39 Å². The molecule has 0 radical (unpaired) electrons. The number of benzene rings is 2. The summed E-state index contributed by atoms with van der Waals surface area (Å²) in [5.74, 6) is -0.579. The molecule has 0 unspecified atom stereocenters. The van der Waals surface area contributed by atoms with Crippen LogP contribution in [0.25, 0.3) is 0 Å². The van der Waals surface area contributed by atoms with Gasteiger partial charge < -0.3 is 4.79 Å². The Labute approximate surface area is 124 Å². The number of carbonyl (C=O) groups excluding carboxylic acids is 1. The number of carbonyl (C=O) groups is 1. The molecule has 0 aliphatic heterocycles. The molecule has 110 valence electrons. The van der Waals surface area contributed by atoms with Gasteiger partial charge in [0.1, 0.15) is 22.8 Å². The highest BCUT2D eigenvalue weighted by molar-refractivity contribution is 7.71. The molecule has 0 bridgehead atoms. The van der Waals surface area contributed by atoms with E-state index in [-0.39, 0.29) is 23.9 Å². The molecule has 0 saturated heterocycles. The quantitative estimate of drug-likeness (QED) is 0.659. The standard InChI is InChI=1S/C16H15FO3S/c17-15-3-1-2-14(10-15)16(8-9-18)13-6-4-12(5-7-13)11-21(19)20/h1-7,9-10,16,21H,8,11H2/t16-/m1/s1. The van der Waals surface area contributed by atoms with Gasteiger partial charge >= 0.3 is 0 Å². The van der Waals surface area contributed by atoms with Crippen LogP contribution in [0, 0.1) is 5.82 Å². The van der Waals surface area contributed by atoms with Crippen molar-refractivity contribution in [2.24, 2.45) is 0 Å². The van der Waals surface area contributed by atoms with E-state index in [1.165, 1.54) is 12.1 Å². The Kier molecular flexibility index (Phi) is 5.22. The lowest BCUT2D eigenvalue weighted by Crippen LogP contribution is -2.03. The molecule has 0 heterocycles. The minimum absolute atomic E-state index is 0.00603. The van der Waals surface area contributed by atoms with E-state index in [0.29, 0.717) is 5.56 Å². The highest BCUT2D eigenvalue weighted by atomic mass is 32.2. The Hall–Kier alpha value is -2.01. The van der Waals surface area contributed by atoms with Gasteiger partial charge in [-0.05, 0) is 28.8 Å². The van der Waals surface area contributed by atoms with Crippen LogP contribution in [0.1, 0.15) is 29.0 Å². The molecular weight excluding hydrogens is 291 g/mol. The highest BCUT2D eigenvalue weighted by Gasteiger charge is 2.14. The smallest absolute Gasteiger partial charge is 0.144 e. The molecule has 0 aliphatic carbocycles. The highest BCUT2D eigenvalue weighted by Crippen LogP contribution is 2.28. The Balaban J connectivity index is 2.32. The maximum absolute atomic E-state index is 13.3. The van der Waals surface area contributed by atoms with Gasteiger partial charge in [-0.15, -0.1) is 0 Å². The monoisotopic (exact) mass is 306 g/mol. The zero-order chi connectivity index (χ0) is 15.2. The molecule has 0 fully saturated rings. The van der Waals surface area contributed by atoms with Crippen molar-refractivity contribution >= 4 is 17.0 Å². The molecule has 0 N–H and O–H groups in total. The lowest BCUT2D eigenvalue weighted by Gasteiger charge is -2.15. The Morgan fingerprint density at radius 2 is 1.76 bits per heavy atom. The average molecular weight is 306 g/mol. The fourth-order valence-corrected chi connectivity index (χ4v) is 2.80. The van der Waals surface area contributed by atoms with Crippen LogP contribution in [0.3, 0.4) is 0 Å². The Morgan fingerprint density at radius 3 is 2.33 bits per heavy atom. The molecule has 2 rings (SSSR count). The van der Waals surface area contributed by atoms with E-state index in [1.807, 2.05) is 0 Å². The molecule has 0 amide bonds. The van der Waals surface area contributed by atoms with Crippen molar-refractivity contribution in [2.75, 3.05) is 0 Å². The summed E-state index contributed by atoms with van der Waals surface area (Å²) in [7, 11) is -2.46. The number of rotatable bonds is 6. The van der Waals surface area contributed by atoms with Crippen molar-refractivity contribution in [3.05, 3.63) is 71.0 Å². The van der Waals surface area contributed by atoms with Crippen LogP contribution in [0.2, 0.25) is 0 Å². The zero-order valence-corrected chi connectivity index (χ0v) is 12.1. The lowest BCUT2D eigenvalue weighted by molar-refractivity contribution is -0.108. The summed E-state index contributed by atoms with van der Waals surface area (Å²) in [6.45, 7) is 0. The Morgan fingerprint density at radius 1 is 1.05 bits per heavy atom. The van der Waals surface area contributed by atoms with Crippen molar-refractivity contribution in [2.45, 2.75) is 18.1 Å². The second-order valence-electron chi connectivity index (χ2n) is 4.74. The molecule has 2 aromatic rings. The summed E-state index contributed by atoms with van der Waals surface area (Å²) in [5.41, 5.74) is 2.28. The van der Waals surface area contributed by atoms with Crippen molar-refractivity contribution in [1.29, 1.82) is 0 Å². The summed E-state index contributed by atoms with van der Waals surface area (Å²) in [6, 6.07) is 13.2. The van der Waals surface area contributed by atoms with Gasteiger partial charge in [0.2, 0.25) is 0 Å². The van der Waals surface area contributed by atoms with Crippen LogP contribution in [-0.2, 0) is 21.3 Å². The van der Waals surface area contributed by atoms with Crippen LogP contribution in [-0.4, -0.2) is 14.7 Å². The van der Waals surface area contributed by atoms with Gasteiger partial charge in [0.15, 0.2) is 0 Å². The molecule has 2 aromatic carbocycles. The summed E-state index contributed by atoms with van der Waals surface area (Å²) >= 11 is 0. The van der Waals surface area contributed by atoms with E-state index in [0.717, 1.165) is 17.4 Å². The number of aldehydes is 1. The van der Waals surface area contributed by atoms with Crippen molar-refractivity contribution in [3.63, 3.8) is 0 Å². The first-order chi connectivity index (χ1) is 10.1. The van der Waals surface area contributed by atoms with Crippen LogP contribution in [0.15, 0.2) is 48.5 Å². The lowest BCUT2D eigenvalue weighted by atomic mass is 9.88. The summed E-state index contributed by atoms with van der Waals surface area (Å²) < 4.78 is 34.7. The second kappa shape index (κ2) is 7.13. The first kappa shape index (κ1) is 15.4. The third-order valence-corrected chi connectivity index (χ3v) is 3.90. The number of hydrogen-bond acceptors (Lipinski definition) is 3. The van der Waals surface area contributed by atoms with Gasteiger partial charge in [-0.1, -0.05) is 36.4 Å². The largest absolute Gasteiger partial charge is 0.303 e. The molecule has 0 spiro atoms. The van der Waals surface area contributed by atoms with E-state index < -0.39 is 10.7 Å². The van der Waals surface area contributed by atoms with Gasteiger partial charge in [-0.2, -0.15) is 0 Å².